The van der Waals surface area contributed by atoms with E-state index in [2.05, 4.69) is 20.2 Å². The van der Waals surface area contributed by atoms with Gasteiger partial charge >= 0.3 is 0 Å². The summed E-state index contributed by atoms with van der Waals surface area (Å²) >= 11 is 3.14. The number of ether oxygens (including phenoxy) is 2. The molecule has 0 aliphatic rings. The Bertz CT molecular complexity index is 1040. The van der Waals surface area contributed by atoms with Gasteiger partial charge in [-0.05, 0) is 36.4 Å². The maximum Gasteiger partial charge on any atom is 0.166 e. The number of aliphatic imine (C=N–C) groups is 2. The zero-order valence-electron chi connectivity index (χ0n) is 18.9. The summed E-state index contributed by atoms with van der Waals surface area (Å²) in [7, 11) is 3.03. The van der Waals surface area contributed by atoms with Crippen LogP contribution in [-0.4, -0.2) is 71.7 Å². The van der Waals surface area contributed by atoms with Gasteiger partial charge in [0.25, 0.3) is 0 Å². The van der Waals surface area contributed by atoms with Crippen molar-refractivity contribution in [1.29, 1.82) is 0 Å². The summed E-state index contributed by atoms with van der Waals surface area (Å²) in [5.74, 6) is 2.51. The minimum atomic E-state index is 0.0875. The lowest BCUT2D eigenvalue weighted by Gasteiger charge is -2.05. The van der Waals surface area contributed by atoms with E-state index in [0.717, 1.165) is 21.6 Å². The van der Waals surface area contributed by atoms with E-state index in [1.807, 2.05) is 24.3 Å². The van der Waals surface area contributed by atoms with E-state index in [9.17, 15) is 10.2 Å². The fraction of sp³-hybridized carbons (Fsp3) is 0.250. The van der Waals surface area contributed by atoms with Gasteiger partial charge in [0.1, 0.15) is 10.1 Å². The van der Waals surface area contributed by atoms with Crippen molar-refractivity contribution in [2.45, 2.75) is 10.1 Å². The molecule has 0 spiro atoms. The smallest absolute Gasteiger partial charge is 0.166 e. The SMILES string of the molecule is COc1cccc(C=NCCSc2ccc(SCCN=Cc3cccc(OC)c3O)nn2)c1O. The van der Waals surface area contributed by atoms with Crippen LogP contribution in [0.2, 0.25) is 0 Å². The summed E-state index contributed by atoms with van der Waals surface area (Å²) in [5.41, 5.74) is 1.24. The molecule has 0 bridgehead atoms. The highest BCUT2D eigenvalue weighted by atomic mass is 32.2. The highest BCUT2D eigenvalue weighted by molar-refractivity contribution is 7.99. The van der Waals surface area contributed by atoms with Gasteiger partial charge in [-0.3, -0.25) is 9.98 Å². The number of rotatable bonds is 12. The zero-order chi connectivity index (χ0) is 24.2. The first-order valence-electron chi connectivity index (χ1n) is 10.4. The molecule has 0 unspecified atom stereocenters. The van der Waals surface area contributed by atoms with Crippen molar-refractivity contribution in [3.63, 3.8) is 0 Å². The number of aromatic hydroxyl groups is 2. The van der Waals surface area contributed by atoms with Gasteiger partial charge in [-0.1, -0.05) is 12.1 Å². The molecule has 1 aromatic heterocycles. The molecule has 0 aliphatic heterocycles. The maximum absolute atomic E-state index is 10.1. The molecule has 10 heteroatoms. The second-order valence-electron chi connectivity index (χ2n) is 6.77. The van der Waals surface area contributed by atoms with Crippen LogP contribution in [0.3, 0.4) is 0 Å². The second kappa shape index (κ2) is 13.5. The van der Waals surface area contributed by atoms with Crippen LogP contribution in [0.4, 0.5) is 0 Å². The Balaban J connectivity index is 1.37. The third-order valence-electron chi connectivity index (χ3n) is 4.52. The normalized spacial score (nSPS) is 11.4. The van der Waals surface area contributed by atoms with E-state index in [4.69, 9.17) is 9.47 Å². The minimum Gasteiger partial charge on any atom is -0.504 e. The number of hydrogen-bond donors (Lipinski definition) is 2. The van der Waals surface area contributed by atoms with Crippen molar-refractivity contribution >= 4 is 36.0 Å². The molecule has 34 heavy (non-hydrogen) atoms. The lowest BCUT2D eigenvalue weighted by molar-refractivity contribution is 0.373. The van der Waals surface area contributed by atoms with Gasteiger partial charge in [0.15, 0.2) is 23.0 Å². The molecule has 2 aromatic carbocycles. The van der Waals surface area contributed by atoms with Gasteiger partial charge in [-0.15, -0.1) is 33.7 Å². The molecule has 0 atom stereocenters. The molecule has 0 radical (unpaired) electrons. The summed E-state index contributed by atoms with van der Waals surface area (Å²) < 4.78 is 10.2. The van der Waals surface area contributed by atoms with Crippen molar-refractivity contribution in [3.8, 4) is 23.0 Å². The number of thioether (sulfide) groups is 2. The van der Waals surface area contributed by atoms with Crippen LogP contribution in [0.1, 0.15) is 11.1 Å². The van der Waals surface area contributed by atoms with E-state index in [1.165, 1.54) is 14.2 Å². The zero-order valence-corrected chi connectivity index (χ0v) is 20.6. The van der Waals surface area contributed by atoms with Crippen molar-refractivity contribution < 1.29 is 19.7 Å². The number of hydrogen-bond acceptors (Lipinski definition) is 10. The molecule has 0 amide bonds. The number of phenolic OH excluding ortho intramolecular Hbond substituents is 2. The van der Waals surface area contributed by atoms with E-state index in [-0.39, 0.29) is 11.5 Å². The molecule has 0 saturated carbocycles. The molecule has 0 fully saturated rings. The van der Waals surface area contributed by atoms with E-state index < -0.39 is 0 Å². The standard InChI is InChI=1S/C24H26N4O4S2/c1-31-19-7-3-5-17(23(19)29)15-25-11-13-33-21-9-10-22(28-27-21)34-14-12-26-16-18-6-4-8-20(32-2)24(18)30/h3-10,15-16,29-30H,11-14H2,1-2H3. The van der Waals surface area contributed by atoms with E-state index in [1.54, 1.807) is 60.2 Å². The number of nitrogens with zero attached hydrogens (tertiary/aromatic N) is 4. The first-order valence-corrected chi connectivity index (χ1v) is 12.4. The molecule has 3 aromatic rings. The van der Waals surface area contributed by atoms with Gasteiger partial charge in [0, 0.05) is 48.2 Å². The summed E-state index contributed by atoms with van der Waals surface area (Å²) in [5, 5.41) is 30.3. The fourth-order valence-electron chi connectivity index (χ4n) is 2.81. The van der Waals surface area contributed by atoms with Crippen molar-refractivity contribution in [3.05, 3.63) is 59.7 Å². The van der Waals surface area contributed by atoms with Crippen LogP contribution in [-0.2, 0) is 0 Å². The number of phenols is 2. The van der Waals surface area contributed by atoms with Crippen LogP contribution >= 0.6 is 23.5 Å². The van der Waals surface area contributed by atoms with Crippen LogP contribution in [0, 0.1) is 0 Å². The third kappa shape index (κ3) is 7.39. The highest BCUT2D eigenvalue weighted by Gasteiger charge is 2.06. The Morgan fingerprint density at radius 2 is 1.18 bits per heavy atom. The molecular weight excluding hydrogens is 472 g/mol. The lowest BCUT2D eigenvalue weighted by Crippen LogP contribution is -1.94. The predicted octanol–water partition coefficient (Wildman–Crippen LogP) is 4.33. The van der Waals surface area contributed by atoms with Crippen LogP contribution < -0.4 is 9.47 Å². The van der Waals surface area contributed by atoms with Crippen LogP contribution in [0.5, 0.6) is 23.0 Å². The van der Waals surface area contributed by atoms with Gasteiger partial charge in [0.05, 0.1) is 14.2 Å². The van der Waals surface area contributed by atoms with Gasteiger partial charge in [-0.2, -0.15) is 0 Å². The number of benzene rings is 2. The Hall–Kier alpha value is -3.24. The predicted molar refractivity (Wildman–Crippen MR) is 138 cm³/mol. The minimum absolute atomic E-state index is 0.0875. The van der Waals surface area contributed by atoms with Crippen molar-refractivity contribution in [2.24, 2.45) is 9.98 Å². The summed E-state index contributed by atoms with van der Waals surface area (Å²) in [6.45, 7) is 1.17. The molecule has 0 aliphatic carbocycles. The Morgan fingerprint density at radius 3 is 1.56 bits per heavy atom. The highest BCUT2D eigenvalue weighted by Crippen LogP contribution is 2.29. The van der Waals surface area contributed by atoms with Gasteiger partial charge < -0.3 is 19.7 Å². The molecule has 1 heterocycles. The molecule has 8 nitrogen and oxygen atoms in total. The number of aromatic nitrogens is 2. The van der Waals surface area contributed by atoms with E-state index in [0.29, 0.717) is 35.7 Å². The average Bonchev–Trinajstić information content (AvgIpc) is 2.86. The number of para-hydroxylation sites is 2. The molecular formula is C24H26N4O4S2. The topological polar surface area (TPSA) is 109 Å². The maximum atomic E-state index is 10.1. The lowest BCUT2D eigenvalue weighted by atomic mass is 10.2. The van der Waals surface area contributed by atoms with E-state index >= 15 is 0 Å². The summed E-state index contributed by atoms with van der Waals surface area (Å²) in [6, 6.07) is 14.5. The fourth-order valence-corrected chi connectivity index (χ4v) is 4.15. The molecule has 3 rings (SSSR count). The van der Waals surface area contributed by atoms with Crippen LogP contribution in [0.15, 0.2) is 68.6 Å². The van der Waals surface area contributed by atoms with Gasteiger partial charge in [-0.25, -0.2) is 0 Å². The molecule has 2 N–H and O–H groups in total. The monoisotopic (exact) mass is 498 g/mol. The Kier molecular flexibility index (Phi) is 10.1. The summed E-state index contributed by atoms with van der Waals surface area (Å²) in [6.07, 6.45) is 3.28. The Labute approximate surface area is 207 Å². The first-order chi connectivity index (χ1) is 16.6. The van der Waals surface area contributed by atoms with Crippen LogP contribution in [0.25, 0.3) is 0 Å². The molecule has 178 valence electrons. The van der Waals surface area contributed by atoms with Crippen molar-refractivity contribution in [2.75, 3.05) is 38.8 Å². The number of methoxy groups -OCH3 is 2. The van der Waals surface area contributed by atoms with Gasteiger partial charge in [0.2, 0.25) is 0 Å². The second-order valence-corrected chi connectivity index (χ2v) is 9.00. The average molecular weight is 499 g/mol. The quantitative estimate of drug-likeness (QED) is 0.216. The van der Waals surface area contributed by atoms with Crippen molar-refractivity contribution in [1.82, 2.24) is 10.2 Å². The third-order valence-corrected chi connectivity index (χ3v) is 6.32. The largest absolute Gasteiger partial charge is 0.504 e. The Morgan fingerprint density at radius 1 is 0.735 bits per heavy atom. The molecule has 0 saturated heterocycles. The summed E-state index contributed by atoms with van der Waals surface area (Å²) in [4.78, 5) is 8.71. The first kappa shape index (κ1) is 25.4.